The van der Waals surface area contributed by atoms with Crippen molar-refractivity contribution >= 4 is 16.8 Å². The lowest BCUT2D eigenvalue weighted by Gasteiger charge is -2.10. The first kappa shape index (κ1) is 17.9. The first-order valence-electron chi connectivity index (χ1n) is 8.73. The second-order valence-electron chi connectivity index (χ2n) is 6.19. The molecule has 0 bridgehead atoms. The zero-order valence-corrected chi connectivity index (χ0v) is 15.2. The number of hydrogen-bond donors (Lipinski definition) is 2. The van der Waals surface area contributed by atoms with Crippen molar-refractivity contribution in [2.24, 2.45) is 0 Å². The normalized spacial score (nSPS) is 10.7. The van der Waals surface area contributed by atoms with Crippen molar-refractivity contribution in [3.63, 3.8) is 0 Å². The third kappa shape index (κ3) is 4.36. The van der Waals surface area contributed by atoms with E-state index in [1.54, 1.807) is 14.2 Å². The lowest BCUT2D eigenvalue weighted by atomic mass is 10.1. The third-order valence-corrected chi connectivity index (χ3v) is 4.44. The lowest BCUT2D eigenvalue weighted by molar-refractivity contribution is -0.121. The van der Waals surface area contributed by atoms with Crippen molar-refractivity contribution < 1.29 is 14.3 Å². The summed E-state index contributed by atoms with van der Waals surface area (Å²) in [5, 5.41) is 4.19. The van der Waals surface area contributed by atoms with E-state index in [-0.39, 0.29) is 5.91 Å². The molecule has 0 atom stereocenters. The molecule has 0 radical (unpaired) electrons. The summed E-state index contributed by atoms with van der Waals surface area (Å²) in [6, 6.07) is 14.1. The van der Waals surface area contributed by atoms with Crippen LogP contribution in [0, 0.1) is 0 Å². The zero-order chi connectivity index (χ0) is 18.4. The van der Waals surface area contributed by atoms with Gasteiger partial charge in [0.2, 0.25) is 5.91 Å². The number of aromatic amines is 1. The topological polar surface area (TPSA) is 63.3 Å². The summed E-state index contributed by atoms with van der Waals surface area (Å²) in [4.78, 5) is 15.3. The quantitative estimate of drug-likeness (QED) is 0.652. The van der Waals surface area contributed by atoms with E-state index in [2.05, 4.69) is 34.6 Å². The van der Waals surface area contributed by atoms with Crippen LogP contribution in [-0.4, -0.2) is 31.7 Å². The van der Waals surface area contributed by atoms with E-state index >= 15 is 0 Å². The van der Waals surface area contributed by atoms with Gasteiger partial charge in [0, 0.05) is 24.7 Å². The maximum atomic E-state index is 12.1. The fraction of sp³-hybridized carbons (Fsp3) is 0.286. The maximum absolute atomic E-state index is 12.1. The van der Waals surface area contributed by atoms with Gasteiger partial charge in [-0.15, -0.1) is 0 Å². The molecule has 0 saturated heterocycles. The van der Waals surface area contributed by atoms with Crippen molar-refractivity contribution in [1.29, 1.82) is 0 Å². The molecule has 1 aromatic heterocycles. The molecule has 0 unspecified atom stereocenters. The number of rotatable bonds is 8. The van der Waals surface area contributed by atoms with Crippen LogP contribution in [0.3, 0.4) is 0 Å². The van der Waals surface area contributed by atoms with Gasteiger partial charge in [0.1, 0.15) is 0 Å². The standard InChI is InChI=1S/C21H24N2O3/c1-25-19-7-4-15(14-20(19)26-2)5-8-21(24)23-11-9-16-3-6-18-17(13-16)10-12-22-18/h3-4,6-7,10,12-14,22H,5,8-9,11H2,1-2H3,(H,23,24). The molecule has 0 fully saturated rings. The Morgan fingerprint density at radius 3 is 2.54 bits per heavy atom. The Morgan fingerprint density at radius 1 is 0.962 bits per heavy atom. The van der Waals surface area contributed by atoms with E-state index < -0.39 is 0 Å². The van der Waals surface area contributed by atoms with Crippen molar-refractivity contribution in [2.45, 2.75) is 19.3 Å². The zero-order valence-electron chi connectivity index (χ0n) is 15.2. The Balaban J connectivity index is 1.45. The molecule has 0 spiro atoms. The summed E-state index contributed by atoms with van der Waals surface area (Å²) in [7, 11) is 3.22. The van der Waals surface area contributed by atoms with Crippen LogP contribution < -0.4 is 14.8 Å². The number of H-pyrrole nitrogens is 1. The Bertz CT molecular complexity index is 886. The highest BCUT2D eigenvalue weighted by molar-refractivity contribution is 5.80. The first-order valence-corrected chi connectivity index (χ1v) is 8.73. The SMILES string of the molecule is COc1ccc(CCC(=O)NCCc2ccc3[nH]ccc3c2)cc1OC. The Morgan fingerprint density at radius 2 is 1.73 bits per heavy atom. The summed E-state index contributed by atoms with van der Waals surface area (Å²) < 4.78 is 10.5. The number of aryl methyl sites for hydroxylation is 1. The van der Waals surface area contributed by atoms with E-state index in [9.17, 15) is 4.79 Å². The van der Waals surface area contributed by atoms with Crippen molar-refractivity contribution in [1.82, 2.24) is 10.3 Å². The lowest BCUT2D eigenvalue weighted by Crippen LogP contribution is -2.25. The number of aromatic nitrogens is 1. The molecule has 5 nitrogen and oxygen atoms in total. The number of hydrogen-bond acceptors (Lipinski definition) is 3. The number of benzene rings is 2. The van der Waals surface area contributed by atoms with Gasteiger partial charge in [0.25, 0.3) is 0 Å². The van der Waals surface area contributed by atoms with Gasteiger partial charge >= 0.3 is 0 Å². The number of carbonyl (C=O) groups is 1. The molecule has 0 aliphatic rings. The first-order chi connectivity index (χ1) is 12.7. The third-order valence-electron chi connectivity index (χ3n) is 4.44. The van der Waals surface area contributed by atoms with Gasteiger partial charge in [-0.2, -0.15) is 0 Å². The van der Waals surface area contributed by atoms with Crippen molar-refractivity contribution in [2.75, 3.05) is 20.8 Å². The number of carbonyl (C=O) groups excluding carboxylic acids is 1. The predicted molar refractivity (Wildman–Crippen MR) is 103 cm³/mol. The molecule has 26 heavy (non-hydrogen) atoms. The molecular weight excluding hydrogens is 328 g/mol. The maximum Gasteiger partial charge on any atom is 0.220 e. The van der Waals surface area contributed by atoms with Crippen molar-refractivity contribution in [3.05, 3.63) is 59.8 Å². The highest BCUT2D eigenvalue weighted by atomic mass is 16.5. The van der Waals surface area contributed by atoms with E-state index in [0.717, 1.165) is 17.5 Å². The summed E-state index contributed by atoms with van der Waals surface area (Å²) in [5.41, 5.74) is 3.40. The highest BCUT2D eigenvalue weighted by Gasteiger charge is 2.07. The molecule has 3 rings (SSSR count). The van der Waals surface area contributed by atoms with Gasteiger partial charge in [0.05, 0.1) is 14.2 Å². The fourth-order valence-electron chi connectivity index (χ4n) is 2.99. The van der Waals surface area contributed by atoms with Gasteiger partial charge in [-0.1, -0.05) is 12.1 Å². The van der Waals surface area contributed by atoms with Crippen LogP contribution in [0.4, 0.5) is 0 Å². The van der Waals surface area contributed by atoms with Crippen LogP contribution in [0.1, 0.15) is 17.5 Å². The van der Waals surface area contributed by atoms with Gasteiger partial charge in [-0.3, -0.25) is 4.79 Å². The van der Waals surface area contributed by atoms with Crippen LogP contribution in [0.2, 0.25) is 0 Å². The van der Waals surface area contributed by atoms with Gasteiger partial charge in [-0.05, 0) is 59.7 Å². The minimum atomic E-state index is 0.0579. The van der Waals surface area contributed by atoms with Crippen LogP contribution in [0.25, 0.3) is 10.9 Å². The largest absolute Gasteiger partial charge is 0.493 e. The molecule has 1 heterocycles. The molecule has 5 heteroatoms. The molecule has 3 aromatic rings. The number of fused-ring (bicyclic) bond motifs is 1. The van der Waals surface area contributed by atoms with Gasteiger partial charge in [-0.25, -0.2) is 0 Å². The van der Waals surface area contributed by atoms with Gasteiger partial charge in [0.15, 0.2) is 11.5 Å². The van der Waals surface area contributed by atoms with E-state index in [1.807, 2.05) is 24.4 Å². The predicted octanol–water partition coefficient (Wildman–Crippen LogP) is 3.48. The molecular formula is C21H24N2O3. The van der Waals surface area contributed by atoms with Crippen LogP contribution in [0.15, 0.2) is 48.7 Å². The highest BCUT2D eigenvalue weighted by Crippen LogP contribution is 2.27. The number of nitrogens with one attached hydrogen (secondary N) is 2. The summed E-state index contributed by atoms with van der Waals surface area (Å²) in [6.45, 7) is 0.640. The summed E-state index contributed by atoms with van der Waals surface area (Å²) in [5.74, 6) is 1.44. The second-order valence-corrected chi connectivity index (χ2v) is 6.19. The Labute approximate surface area is 153 Å². The Hall–Kier alpha value is -2.95. The van der Waals surface area contributed by atoms with E-state index in [1.165, 1.54) is 10.9 Å². The number of amides is 1. The number of methoxy groups -OCH3 is 2. The van der Waals surface area contributed by atoms with E-state index in [0.29, 0.717) is 30.9 Å². The minimum absolute atomic E-state index is 0.0579. The average molecular weight is 352 g/mol. The average Bonchev–Trinajstić information content (AvgIpc) is 3.14. The fourth-order valence-corrected chi connectivity index (χ4v) is 2.99. The Kier molecular flexibility index (Phi) is 5.79. The molecule has 0 aliphatic heterocycles. The molecule has 2 aromatic carbocycles. The molecule has 136 valence electrons. The summed E-state index contributed by atoms with van der Waals surface area (Å²) >= 11 is 0. The van der Waals surface area contributed by atoms with Crippen molar-refractivity contribution in [3.8, 4) is 11.5 Å². The molecule has 0 saturated carbocycles. The van der Waals surface area contributed by atoms with Crippen LogP contribution in [-0.2, 0) is 17.6 Å². The molecule has 2 N–H and O–H groups in total. The summed E-state index contributed by atoms with van der Waals surface area (Å²) in [6.07, 6.45) is 3.88. The molecule has 1 amide bonds. The van der Waals surface area contributed by atoms with Crippen LogP contribution in [0.5, 0.6) is 11.5 Å². The van der Waals surface area contributed by atoms with Gasteiger partial charge < -0.3 is 19.8 Å². The molecule has 0 aliphatic carbocycles. The minimum Gasteiger partial charge on any atom is -0.493 e. The number of ether oxygens (including phenoxy) is 2. The monoisotopic (exact) mass is 352 g/mol. The smallest absolute Gasteiger partial charge is 0.220 e. The van der Waals surface area contributed by atoms with Crippen LogP contribution >= 0.6 is 0 Å². The second kappa shape index (κ2) is 8.43. The van der Waals surface area contributed by atoms with E-state index in [4.69, 9.17) is 9.47 Å².